The molecule has 0 saturated heterocycles. The first-order valence-corrected chi connectivity index (χ1v) is 38.1. The van der Waals surface area contributed by atoms with Crippen LogP contribution < -0.4 is 0 Å². The van der Waals surface area contributed by atoms with E-state index in [1.807, 2.05) is 0 Å². The third-order valence-electron chi connectivity index (χ3n) is 15.9. The van der Waals surface area contributed by atoms with Crippen LogP contribution in [0.1, 0.15) is 95.5 Å². The third kappa shape index (κ3) is 20.9. The Labute approximate surface area is 732 Å². The average Bonchev–Trinajstić information content (AvgIpc) is 0.805. The van der Waals surface area contributed by atoms with E-state index in [0.717, 1.165) is 78.9 Å². The van der Waals surface area contributed by atoms with Crippen molar-refractivity contribution in [1.82, 2.24) is 0 Å². The van der Waals surface area contributed by atoms with E-state index in [1.165, 1.54) is 72.8 Å². The number of benzene rings is 12. The highest BCUT2D eigenvalue weighted by Gasteiger charge is 2.30. The Kier molecular flexibility index (Phi) is 30.5. The number of aromatic hydroxyl groups is 27. The second kappa shape index (κ2) is 38.9. The first-order chi connectivity index (χ1) is 55.6. The summed E-state index contributed by atoms with van der Waals surface area (Å²) in [6, 6.07) is 28.8. The van der Waals surface area contributed by atoms with Gasteiger partial charge in [0.25, 0.3) is 0 Å². The quantitative estimate of drug-likeness (QED) is 0.0307. The van der Waals surface area contributed by atoms with Crippen LogP contribution in [0.2, 0.25) is 0 Å². The zero-order valence-corrected chi connectivity index (χ0v) is 71.2. The smallest absolute Gasteiger partial charge is 0.201 e. The van der Waals surface area contributed by atoms with Crippen LogP contribution >= 0.6 is 127 Å². The van der Waals surface area contributed by atoms with Crippen molar-refractivity contribution in [1.29, 1.82) is 0 Å². The van der Waals surface area contributed by atoms with Gasteiger partial charge in [-0.15, -0.1) is 0 Å². The highest BCUT2D eigenvalue weighted by Crippen LogP contribution is 2.48. The summed E-state index contributed by atoms with van der Waals surface area (Å²) in [6.45, 7) is 0. The minimum atomic E-state index is -0.828. The monoisotopic (exact) mass is 2150 g/mol. The number of rotatable bonds is 12. The van der Waals surface area contributed by atoms with Gasteiger partial charge in [0.2, 0.25) is 17.3 Å². The van der Waals surface area contributed by atoms with Gasteiger partial charge in [0.15, 0.2) is 167 Å². The molecule has 618 valence electrons. The second-order valence-corrected chi connectivity index (χ2v) is 30.3. The lowest BCUT2D eigenvalue weighted by atomic mass is 10.0. The Morgan fingerprint density at radius 2 is 0.462 bits per heavy atom. The summed E-state index contributed by atoms with van der Waals surface area (Å²) >= 11 is 25.0. The van der Waals surface area contributed by atoms with Gasteiger partial charge in [-0.2, -0.15) is 0 Å². The molecule has 27 N–H and O–H groups in total. The zero-order valence-electron chi connectivity index (χ0n) is 58.5. The molecule has 12 rings (SSSR count). The van der Waals surface area contributed by atoms with E-state index in [4.69, 9.17) is 10.2 Å². The number of halogens is 8. The predicted molar refractivity (Wildman–Crippen MR) is 444 cm³/mol. The largest absolute Gasteiger partial charge is 0.507 e. The number of ketones is 6. The van der Waals surface area contributed by atoms with Crippen LogP contribution in [-0.2, 0) is 0 Å². The number of carbonyl (C=O) groups excluding carboxylic acids is 6. The molecule has 0 fully saturated rings. The van der Waals surface area contributed by atoms with Crippen molar-refractivity contribution in [3.63, 3.8) is 0 Å². The summed E-state index contributed by atoms with van der Waals surface area (Å²) in [4.78, 5) is 73.6. The van der Waals surface area contributed by atoms with Gasteiger partial charge in [-0.1, -0.05) is 12.1 Å². The van der Waals surface area contributed by atoms with Gasteiger partial charge in [-0.3, -0.25) is 28.8 Å². The number of phenolic OH excluding ortho intramolecular Hbond substituents is 27. The summed E-state index contributed by atoms with van der Waals surface area (Å²) < 4.78 is 2.27. The Hall–Kier alpha value is -12.9. The molecule has 12 aromatic rings. The molecule has 0 aromatic heterocycles. The van der Waals surface area contributed by atoms with Crippen LogP contribution in [0, 0.1) is 0 Å². The highest BCUT2D eigenvalue weighted by atomic mass is 79.9. The van der Waals surface area contributed by atoms with E-state index in [2.05, 4.69) is 127 Å². The Morgan fingerprint density at radius 3 is 0.891 bits per heavy atom. The highest BCUT2D eigenvalue weighted by molar-refractivity contribution is 9.14. The Bertz CT molecular complexity index is 5990. The minimum Gasteiger partial charge on any atom is -0.507 e. The molecule has 0 saturated carbocycles. The molecule has 0 atom stereocenters. The molecule has 0 amide bonds. The predicted octanol–water partition coefficient (Wildman–Crippen LogP) is 15.7. The molecule has 0 unspecified atom stereocenters. The maximum Gasteiger partial charge on any atom is 0.201 e. The van der Waals surface area contributed by atoms with Crippen molar-refractivity contribution >= 4 is 162 Å². The van der Waals surface area contributed by atoms with Gasteiger partial charge < -0.3 is 138 Å². The van der Waals surface area contributed by atoms with E-state index < -0.39 is 184 Å². The molecular weight excluding hydrogens is 2100 g/mol. The van der Waals surface area contributed by atoms with Gasteiger partial charge >= 0.3 is 0 Å². The van der Waals surface area contributed by atoms with Crippen LogP contribution in [0.4, 0.5) is 0 Å². The lowest BCUT2D eigenvalue weighted by Crippen LogP contribution is -2.04. The fraction of sp³-hybridized carbons (Fsp3) is 0. The maximum absolute atomic E-state index is 12.5. The number of para-hydroxylation sites is 2. The average molecular weight is 2160 g/mol. The minimum absolute atomic E-state index is 0.0128. The standard InChI is InChI=1S/2C13H7Br3O5.C13H8Br2O5.3C13H10O6/c14-5-2-8(18)7(17)1-4(5)12(20)10-11(16)6(15)3-9(19)13(10)21;14-5-3-8(18)13(21)9(10(5)16)11(19)4-1-6(15)12(20)7(17)2-4;14-6-4-9(18)13(20)10(11(6)15)12(19)5-1-2-7(16)8(17)3-5;14-7-2-1-6(5-10(7)17)12(18)11-8(15)3-4-9(16)13(11)19;14-8-3-1-2-7(12(8)18)11(17)6-4-9(15)13(19)10(16)5-6;14-8-3-1-2-6(11(8)17)10(16)7-4-5-9(15)13(19)12(7)18/h1-3,17-19,21H;1-3,17-18,20-21H;1-4,16-18,20H;1-5,14-17,19H;1-5,14-16,18-19H;1-5,14-15,17-19H. The number of phenols is 27. The molecule has 0 heterocycles. The summed E-state index contributed by atoms with van der Waals surface area (Å²) in [6.07, 6.45) is 0. The van der Waals surface area contributed by atoms with Crippen LogP contribution in [0.5, 0.6) is 155 Å². The number of carbonyl (C=O) groups is 6. The van der Waals surface area contributed by atoms with Crippen LogP contribution in [-0.4, -0.2) is 173 Å². The molecule has 0 aliphatic carbocycles. The van der Waals surface area contributed by atoms with Crippen molar-refractivity contribution in [2.24, 2.45) is 0 Å². The fourth-order valence-corrected chi connectivity index (χ4v) is 13.4. The van der Waals surface area contributed by atoms with E-state index >= 15 is 0 Å². The summed E-state index contributed by atoms with van der Waals surface area (Å²) in [5.41, 5.74) is -1.84. The molecule has 12 aromatic carbocycles. The SMILES string of the molecule is O=C(c1cc(O)c(O)c(Br)c1)c1c(O)c(O)cc(Br)c1Br.O=C(c1cc(O)c(O)c(O)c1)c1cccc(O)c1O.O=C(c1cc(O)c(O)cc1Br)c1c(O)c(O)cc(Br)c1Br.O=C(c1ccc(O)c(O)c1)c1c(O)c(O)cc(Br)c1Br.O=C(c1ccc(O)c(O)c1)c1c(O)ccc(O)c1O.O=C(c1cccc(O)c1O)c1ccc(O)c(O)c1O. The zero-order chi connectivity index (χ0) is 89.3. The van der Waals surface area contributed by atoms with Crippen molar-refractivity contribution < 1.29 is 167 Å². The molecule has 41 heteroatoms. The van der Waals surface area contributed by atoms with E-state index in [-0.39, 0.29) is 95.1 Å². The van der Waals surface area contributed by atoms with Crippen LogP contribution in [0.3, 0.4) is 0 Å². The number of hydrogen-bond donors (Lipinski definition) is 27. The lowest BCUT2D eigenvalue weighted by Gasteiger charge is -2.11. The first-order valence-electron chi connectivity index (χ1n) is 31.8. The van der Waals surface area contributed by atoms with E-state index in [0.29, 0.717) is 13.4 Å². The molecule has 0 radical (unpaired) electrons. The summed E-state index contributed by atoms with van der Waals surface area (Å²) in [7, 11) is 0. The topological polar surface area (TPSA) is 649 Å². The first kappa shape index (κ1) is 93.3. The Morgan fingerprint density at radius 1 is 0.168 bits per heavy atom. The van der Waals surface area contributed by atoms with Crippen molar-refractivity contribution in [2.75, 3.05) is 0 Å². The van der Waals surface area contributed by atoms with Gasteiger partial charge in [0.1, 0.15) is 11.3 Å². The van der Waals surface area contributed by atoms with Crippen LogP contribution in [0.25, 0.3) is 0 Å². The summed E-state index contributed by atoms with van der Waals surface area (Å²) in [5.74, 6) is -19.1. The molecule has 119 heavy (non-hydrogen) atoms. The molecular formula is C78H52Br8O33. The molecule has 0 aliphatic rings. The summed E-state index contributed by atoms with van der Waals surface area (Å²) in [5, 5.41) is 256. The maximum atomic E-state index is 12.5. The molecule has 0 spiro atoms. The van der Waals surface area contributed by atoms with Gasteiger partial charge in [-0.05, 0) is 267 Å². The fourth-order valence-electron chi connectivity index (χ4n) is 9.78. The van der Waals surface area contributed by atoms with Crippen molar-refractivity contribution in [3.05, 3.63) is 254 Å². The van der Waals surface area contributed by atoms with Crippen LogP contribution in [0.15, 0.2) is 187 Å². The number of hydrogen-bond acceptors (Lipinski definition) is 33. The molecule has 33 nitrogen and oxygen atoms in total. The third-order valence-corrected chi connectivity index (χ3v) is 23.1. The molecule has 0 bridgehead atoms. The van der Waals surface area contributed by atoms with E-state index in [1.54, 1.807) is 0 Å². The van der Waals surface area contributed by atoms with Gasteiger partial charge in [0, 0.05) is 59.1 Å². The molecule has 0 aliphatic heterocycles. The van der Waals surface area contributed by atoms with Crippen molar-refractivity contribution in [3.8, 4) is 155 Å². The second-order valence-electron chi connectivity index (χ2n) is 23.6. The van der Waals surface area contributed by atoms with E-state index in [9.17, 15) is 156 Å². The lowest BCUT2D eigenvalue weighted by molar-refractivity contribution is 0.102. The van der Waals surface area contributed by atoms with Gasteiger partial charge in [-0.25, -0.2) is 0 Å². The van der Waals surface area contributed by atoms with Gasteiger partial charge in [0.05, 0.1) is 37.9 Å². The Balaban J connectivity index is 0.000000197. The van der Waals surface area contributed by atoms with Crippen molar-refractivity contribution in [2.45, 2.75) is 0 Å². The normalized spacial score (nSPS) is 10.5.